The SMILES string of the molecule is CCCCOc1ncc(C#N)cc1-c1nc2c(CC)n(CCOC)nc2c(=O)[nH]1. The number of methoxy groups -OCH3 is 1. The summed E-state index contributed by atoms with van der Waals surface area (Å²) in [7, 11) is 1.62. The molecule has 152 valence electrons. The van der Waals surface area contributed by atoms with Gasteiger partial charge in [0.15, 0.2) is 5.52 Å². The van der Waals surface area contributed by atoms with Gasteiger partial charge in [-0.2, -0.15) is 10.4 Å². The van der Waals surface area contributed by atoms with Crippen molar-refractivity contribution in [2.24, 2.45) is 0 Å². The van der Waals surface area contributed by atoms with E-state index in [-0.39, 0.29) is 11.1 Å². The summed E-state index contributed by atoms with van der Waals surface area (Å²) in [4.78, 5) is 24.4. The lowest BCUT2D eigenvalue weighted by Crippen LogP contribution is -2.11. The molecule has 0 saturated heterocycles. The van der Waals surface area contributed by atoms with Crippen LogP contribution in [0.15, 0.2) is 17.1 Å². The summed E-state index contributed by atoms with van der Waals surface area (Å²) in [5.74, 6) is 0.643. The number of hydrogen-bond acceptors (Lipinski definition) is 7. The van der Waals surface area contributed by atoms with Crippen molar-refractivity contribution in [2.75, 3.05) is 20.3 Å². The minimum atomic E-state index is -0.349. The Morgan fingerprint density at radius 1 is 1.28 bits per heavy atom. The zero-order valence-electron chi connectivity index (χ0n) is 16.9. The Labute approximate surface area is 168 Å². The largest absolute Gasteiger partial charge is 0.477 e. The molecular formula is C20H24N6O3. The Morgan fingerprint density at radius 3 is 2.79 bits per heavy atom. The molecule has 0 spiro atoms. The second-order valence-electron chi connectivity index (χ2n) is 6.52. The van der Waals surface area contributed by atoms with Crippen molar-refractivity contribution in [3.8, 4) is 23.3 Å². The first-order valence-electron chi connectivity index (χ1n) is 9.64. The number of unbranched alkanes of at least 4 members (excludes halogenated alkanes) is 1. The van der Waals surface area contributed by atoms with E-state index in [0.717, 1.165) is 18.5 Å². The highest BCUT2D eigenvalue weighted by molar-refractivity contribution is 5.79. The Kier molecular flexibility index (Phi) is 6.57. The predicted molar refractivity (Wildman–Crippen MR) is 108 cm³/mol. The summed E-state index contributed by atoms with van der Waals surface area (Å²) in [5.41, 5.74) is 2.15. The maximum Gasteiger partial charge on any atom is 0.279 e. The van der Waals surface area contributed by atoms with Gasteiger partial charge < -0.3 is 14.5 Å². The summed E-state index contributed by atoms with van der Waals surface area (Å²) < 4.78 is 12.7. The molecule has 0 aliphatic heterocycles. The number of pyridine rings is 1. The van der Waals surface area contributed by atoms with E-state index in [4.69, 9.17) is 9.47 Å². The summed E-state index contributed by atoms with van der Waals surface area (Å²) in [5, 5.41) is 13.7. The molecule has 0 amide bonds. The van der Waals surface area contributed by atoms with Gasteiger partial charge in [0, 0.05) is 13.3 Å². The molecule has 9 heteroatoms. The van der Waals surface area contributed by atoms with E-state index in [1.54, 1.807) is 17.9 Å². The van der Waals surface area contributed by atoms with Crippen molar-refractivity contribution in [1.29, 1.82) is 5.26 Å². The van der Waals surface area contributed by atoms with Gasteiger partial charge >= 0.3 is 0 Å². The number of nitrogens with one attached hydrogen (secondary N) is 1. The minimum Gasteiger partial charge on any atom is -0.477 e. The number of aromatic amines is 1. The van der Waals surface area contributed by atoms with Gasteiger partial charge in [-0.15, -0.1) is 0 Å². The van der Waals surface area contributed by atoms with Crippen LogP contribution in [-0.4, -0.2) is 45.1 Å². The maximum atomic E-state index is 12.7. The molecule has 29 heavy (non-hydrogen) atoms. The van der Waals surface area contributed by atoms with Crippen LogP contribution in [0.1, 0.15) is 37.9 Å². The van der Waals surface area contributed by atoms with Gasteiger partial charge in [0.25, 0.3) is 5.56 Å². The molecule has 1 N–H and O–H groups in total. The number of rotatable bonds is 9. The topological polar surface area (TPSA) is 119 Å². The molecule has 3 aromatic heterocycles. The summed E-state index contributed by atoms with van der Waals surface area (Å²) >= 11 is 0. The average Bonchev–Trinajstić information content (AvgIpc) is 3.10. The number of fused-ring (bicyclic) bond motifs is 1. The Hall–Kier alpha value is -3.25. The van der Waals surface area contributed by atoms with Crippen LogP contribution in [0.5, 0.6) is 5.88 Å². The lowest BCUT2D eigenvalue weighted by Gasteiger charge is -2.10. The Balaban J connectivity index is 2.14. The van der Waals surface area contributed by atoms with Gasteiger partial charge in [-0.1, -0.05) is 20.3 Å². The quantitative estimate of drug-likeness (QED) is 0.552. The molecule has 0 aromatic carbocycles. The number of aryl methyl sites for hydroxylation is 1. The number of nitriles is 1. The normalized spacial score (nSPS) is 11.0. The van der Waals surface area contributed by atoms with E-state index in [0.29, 0.717) is 54.5 Å². The van der Waals surface area contributed by atoms with Crippen LogP contribution in [0, 0.1) is 11.3 Å². The molecule has 0 aliphatic carbocycles. The summed E-state index contributed by atoms with van der Waals surface area (Å²) in [6, 6.07) is 3.69. The highest BCUT2D eigenvalue weighted by Crippen LogP contribution is 2.27. The standard InChI is InChI=1S/C20H24N6O3/c1-4-6-8-29-20-14(10-13(11-21)12-22-20)18-23-16-15(5-2)26(7-9-28-3)25-17(16)19(27)24-18/h10,12H,4-9H2,1-3H3,(H,23,24,27). The second-order valence-corrected chi connectivity index (χ2v) is 6.52. The number of ether oxygens (including phenoxy) is 2. The molecular weight excluding hydrogens is 372 g/mol. The van der Waals surface area contributed by atoms with E-state index in [9.17, 15) is 10.1 Å². The molecule has 9 nitrogen and oxygen atoms in total. The molecule has 3 heterocycles. The molecule has 0 saturated carbocycles. The highest BCUT2D eigenvalue weighted by atomic mass is 16.5. The number of aromatic nitrogens is 5. The van der Waals surface area contributed by atoms with Crippen molar-refractivity contribution >= 4 is 11.0 Å². The fourth-order valence-electron chi connectivity index (χ4n) is 3.02. The van der Waals surface area contributed by atoms with Gasteiger partial charge in [0.2, 0.25) is 5.88 Å². The maximum absolute atomic E-state index is 12.7. The Bertz CT molecular complexity index is 1100. The average molecular weight is 396 g/mol. The van der Waals surface area contributed by atoms with Gasteiger partial charge in [-0.25, -0.2) is 9.97 Å². The highest BCUT2D eigenvalue weighted by Gasteiger charge is 2.19. The van der Waals surface area contributed by atoms with Crippen LogP contribution in [-0.2, 0) is 17.7 Å². The van der Waals surface area contributed by atoms with Crippen molar-refractivity contribution in [1.82, 2.24) is 24.7 Å². The van der Waals surface area contributed by atoms with E-state index in [2.05, 4.69) is 33.0 Å². The van der Waals surface area contributed by atoms with Gasteiger partial charge in [0.05, 0.1) is 36.6 Å². The zero-order chi connectivity index (χ0) is 20.8. The fourth-order valence-corrected chi connectivity index (χ4v) is 3.02. The molecule has 0 bridgehead atoms. The van der Waals surface area contributed by atoms with Crippen LogP contribution in [0.25, 0.3) is 22.4 Å². The van der Waals surface area contributed by atoms with Gasteiger partial charge in [0.1, 0.15) is 17.4 Å². The first-order chi connectivity index (χ1) is 14.1. The van der Waals surface area contributed by atoms with Crippen molar-refractivity contribution < 1.29 is 9.47 Å². The number of hydrogen-bond donors (Lipinski definition) is 1. The molecule has 0 radical (unpaired) electrons. The molecule has 3 aromatic rings. The summed E-state index contributed by atoms with van der Waals surface area (Å²) in [6.45, 7) is 5.55. The van der Waals surface area contributed by atoms with Crippen molar-refractivity contribution in [3.05, 3.63) is 33.9 Å². The van der Waals surface area contributed by atoms with Gasteiger partial charge in [-0.3, -0.25) is 9.48 Å². The van der Waals surface area contributed by atoms with E-state index >= 15 is 0 Å². The first kappa shape index (κ1) is 20.5. The third-order valence-corrected chi connectivity index (χ3v) is 4.51. The number of nitrogens with zero attached hydrogens (tertiary/aromatic N) is 5. The third-order valence-electron chi connectivity index (χ3n) is 4.51. The lowest BCUT2D eigenvalue weighted by atomic mass is 10.2. The molecule has 0 fully saturated rings. The van der Waals surface area contributed by atoms with Crippen LogP contribution in [0.3, 0.4) is 0 Å². The van der Waals surface area contributed by atoms with E-state index in [1.165, 1.54) is 6.20 Å². The Morgan fingerprint density at radius 2 is 2.10 bits per heavy atom. The first-order valence-corrected chi connectivity index (χ1v) is 9.64. The van der Waals surface area contributed by atoms with E-state index < -0.39 is 0 Å². The van der Waals surface area contributed by atoms with Crippen LogP contribution in [0.4, 0.5) is 0 Å². The second kappa shape index (κ2) is 9.30. The molecule has 0 unspecified atom stereocenters. The van der Waals surface area contributed by atoms with Crippen molar-refractivity contribution in [3.63, 3.8) is 0 Å². The molecule has 3 rings (SSSR count). The van der Waals surface area contributed by atoms with Crippen LogP contribution >= 0.6 is 0 Å². The zero-order valence-corrected chi connectivity index (χ0v) is 16.9. The van der Waals surface area contributed by atoms with Crippen LogP contribution < -0.4 is 10.3 Å². The molecule has 0 atom stereocenters. The van der Waals surface area contributed by atoms with E-state index in [1.807, 2.05) is 6.92 Å². The monoisotopic (exact) mass is 396 g/mol. The van der Waals surface area contributed by atoms with Crippen molar-refractivity contribution in [2.45, 2.75) is 39.7 Å². The minimum absolute atomic E-state index is 0.277. The fraction of sp³-hybridized carbons (Fsp3) is 0.450. The van der Waals surface area contributed by atoms with Crippen LogP contribution in [0.2, 0.25) is 0 Å². The third kappa shape index (κ3) is 4.27. The predicted octanol–water partition coefficient (Wildman–Crippen LogP) is 2.44. The number of H-pyrrole nitrogens is 1. The van der Waals surface area contributed by atoms with Gasteiger partial charge in [-0.05, 0) is 18.9 Å². The smallest absolute Gasteiger partial charge is 0.279 e. The summed E-state index contributed by atoms with van der Waals surface area (Å²) in [6.07, 6.45) is 3.96. The molecule has 0 aliphatic rings. The lowest BCUT2D eigenvalue weighted by molar-refractivity contribution is 0.183.